The minimum absolute atomic E-state index is 0.00950. The van der Waals surface area contributed by atoms with Crippen molar-refractivity contribution < 1.29 is 31.9 Å². The molecule has 1 fully saturated rings. The lowest BCUT2D eigenvalue weighted by atomic mass is 9.85. The first-order valence-electron chi connectivity index (χ1n) is 11.4. The van der Waals surface area contributed by atoms with Gasteiger partial charge in [0.25, 0.3) is 0 Å². The van der Waals surface area contributed by atoms with Gasteiger partial charge >= 0.3 is 12.1 Å². The van der Waals surface area contributed by atoms with Crippen molar-refractivity contribution in [2.75, 3.05) is 5.32 Å². The number of alkyl halides is 3. The van der Waals surface area contributed by atoms with E-state index in [1.807, 2.05) is 0 Å². The Hall–Kier alpha value is -2.32. The summed E-state index contributed by atoms with van der Waals surface area (Å²) in [5, 5.41) is 2.63. The van der Waals surface area contributed by atoms with E-state index in [0.717, 1.165) is 6.92 Å². The van der Waals surface area contributed by atoms with Crippen molar-refractivity contribution in [1.29, 1.82) is 0 Å². The zero-order valence-electron chi connectivity index (χ0n) is 20.2. The molecule has 0 aromatic heterocycles. The van der Waals surface area contributed by atoms with E-state index >= 15 is 4.39 Å². The molecule has 0 saturated heterocycles. The number of carbonyl (C=O) groups excluding carboxylic acids is 2. The monoisotopic (exact) mass is 547 g/mol. The summed E-state index contributed by atoms with van der Waals surface area (Å²) in [7, 11) is 0. The van der Waals surface area contributed by atoms with Crippen molar-refractivity contribution in [3.63, 3.8) is 0 Å². The van der Waals surface area contributed by atoms with Crippen LogP contribution in [0.15, 0.2) is 36.4 Å². The van der Waals surface area contributed by atoms with Gasteiger partial charge in [0.1, 0.15) is 5.60 Å². The maximum Gasteiger partial charge on any atom is 0.392 e. The maximum absolute atomic E-state index is 15.5. The molecule has 1 aliphatic rings. The molecule has 1 aliphatic carbocycles. The number of hydrogen-bond acceptors (Lipinski definition) is 3. The Labute approximate surface area is 217 Å². The smallest absolute Gasteiger partial charge is 0.392 e. The van der Waals surface area contributed by atoms with Crippen LogP contribution in [-0.4, -0.2) is 23.7 Å². The molecule has 1 N–H and O–H groups in total. The largest absolute Gasteiger partial charge is 0.460 e. The van der Waals surface area contributed by atoms with Gasteiger partial charge in [-0.3, -0.25) is 9.59 Å². The molecule has 0 spiro atoms. The molecule has 2 atom stereocenters. The summed E-state index contributed by atoms with van der Waals surface area (Å²) in [6, 6.07) is 7.95. The number of amides is 1. The van der Waals surface area contributed by atoms with Gasteiger partial charge in [0.05, 0.1) is 22.9 Å². The molecule has 196 valence electrons. The quantitative estimate of drug-likeness (QED) is 0.285. The standard InChI is InChI=1S/C26H27Cl2F4NO3/c1-14(26(30,31)32)20(15-5-7-16(27)8-6-15)22(34)33-19-10-9-18(28)17(21(19)29)13-25(11-12-25)23(35)36-24(2,3)4/h5-10,14,20H,11-13H2,1-4H3,(H,33,34)/t14-,20+/m1/s1. The van der Waals surface area contributed by atoms with E-state index in [-0.39, 0.29) is 28.3 Å². The Morgan fingerprint density at radius 2 is 1.64 bits per heavy atom. The van der Waals surface area contributed by atoms with Gasteiger partial charge in [-0.15, -0.1) is 0 Å². The number of esters is 1. The van der Waals surface area contributed by atoms with Gasteiger partial charge in [0.2, 0.25) is 5.91 Å². The van der Waals surface area contributed by atoms with Crippen LogP contribution >= 0.6 is 23.2 Å². The summed E-state index contributed by atoms with van der Waals surface area (Å²) in [6.45, 7) is 6.07. The van der Waals surface area contributed by atoms with Gasteiger partial charge in [-0.05, 0) is 69.9 Å². The number of anilines is 1. The fraction of sp³-hybridized carbons (Fsp3) is 0.462. The topological polar surface area (TPSA) is 55.4 Å². The van der Waals surface area contributed by atoms with Crippen LogP contribution < -0.4 is 5.32 Å². The van der Waals surface area contributed by atoms with Gasteiger partial charge in [0, 0.05) is 15.6 Å². The molecule has 1 amide bonds. The number of nitrogens with one attached hydrogen (secondary N) is 1. The van der Waals surface area contributed by atoms with Gasteiger partial charge in [-0.2, -0.15) is 13.2 Å². The summed E-state index contributed by atoms with van der Waals surface area (Å²) in [6.07, 6.45) is -3.78. The highest BCUT2D eigenvalue weighted by Crippen LogP contribution is 2.51. The fourth-order valence-corrected chi connectivity index (χ4v) is 4.26. The summed E-state index contributed by atoms with van der Waals surface area (Å²) in [4.78, 5) is 25.8. The highest BCUT2D eigenvalue weighted by atomic mass is 35.5. The van der Waals surface area contributed by atoms with Crippen molar-refractivity contribution >= 4 is 40.8 Å². The number of rotatable bonds is 7. The Morgan fingerprint density at radius 1 is 1.06 bits per heavy atom. The first kappa shape index (κ1) is 28.3. The van der Waals surface area contributed by atoms with Crippen LogP contribution in [0.2, 0.25) is 10.0 Å². The van der Waals surface area contributed by atoms with Crippen LogP contribution in [0.4, 0.5) is 23.2 Å². The van der Waals surface area contributed by atoms with Crippen LogP contribution in [0.3, 0.4) is 0 Å². The summed E-state index contributed by atoms with van der Waals surface area (Å²) in [5.74, 6) is -6.13. The molecular weight excluding hydrogens is 521 g/mol. The zero-order chi connectivity index (χ0) is 27.1. The second-order valence-electron chi connectivity index (χ2n) is 10.2. The second kappa shape index (κ2) is 10.2. The molecule has 10 heteroatoms. The molecule has 0 radical (unpaired) electrons. The molecule has 0 heterocycles. The van der Waals surface area contributed by atoms with Gasteiger partial charge in [0.15, 0.2) is 5.82 Å². The summed E-state index contributed by atoms with van der Waals surface area (Å²) < 4.78 is 61.8. The van der Waals surface area contributed by atoms with Crippen LogP contribution in [0.25, 0.3) is 0 Å². The third kappa shape index (κ3) is 6.51. The predicted molar refractivity (Wildman–Crippen MR) is 131 cm³/mol. The normalized spacial score (nSPS) is 16.7. The molecule has 1 saturated carbocycles. The van der Waals surface area contributed by atoms with Gasteiger partial charge < -0.3 is 10.1 Å². The van der Waals surface area contributed by atoms with Crippen molar-refractivity contribution in [2.24, 2.45) is 11.3 Å². The Bertz CT molecular complexity index is 1140. The van der Waals surface area contributed by atoms with E-state index < -0.39 is 46.7 Å². The maximum atomic E-state index is 15.5. The number of ether oxygens (including phenoxy) is 1. The van der Waals surface area contributed by atoms with Crippen LogP contribution in [0.1, 0.15) is 57.6 Å². The number of carbonyl (C=O) groups is 2. The first-order chi connectivity index (χ1) is 16.5. The average Bonchev–Trinajstić information content (AvgIpc) is 3.54. The first-order valence-corrected chi connectivity index (χ1v) is 12.1. The molecule has 2 aromatic rings. The molecule has 2 aromatic carbocycles. The van der Waals surface area contributed by atoms with Crippen molar-refractivity contribution in [3.8, 4) is 0 Å². The van der Waals surface area contributed by atoms with E-state index in [1.165, 1.54) is 36.4 Å². The van der Waals surface area contributed by atoms with Gasteiger partial charge in [-0.25, -0.2) is 4.39 Å². The molecule has 0 bridgehead atoms. The number of benzene rings is 2. The third-order valence-corrected chi connectivity index (χ3v) is 6.78. The van der Waals surface area contributed by atoms with E-state index in [0.29, 0.717) is 17.9 Å². The zero-order valence-corrected chi connectivity index (χ0v) is 21.7. The molecule has 4 nitrogen and oxygen atoms in total. The SMILES string of the molecule is C[C@H]([C@H](C(=O)Nc1ccc(Cl)c(CC2(C(=O)OC(C)(C)C)CC2)c1F)c1ccc(Cl)cc1)C(F)(F)F. The van der Waals surface area contributed by atoms with E-state index in [2.05, 4.69) is 5.32 Å². The Morgan fingerprint density at radius 3 is 2.14 bits per heavy atom. The predicted octanol–water partition coefficient (Wildman–Crippen LogP) is 7.72. The minimum Gasteiger partial charge on any atom is -0.460 e. The second-order valence-corrected chi connectivity index (χ2v) is 11.0. The molecule has 0 aliphatic heterocycles. The highest BCUT2D eigenvalue weighted by molar-refractivity contribution is 6.31. The van der Waals surface area contributed by atoms with Crippen molar-refractivity contribution in [1.82, 2.24) is 0 Å². The number of hydrogen-bond donors (Lipinski definition) is 1. The third-order valence-electron chi connectivity index (χ3n) is 6.17. The lowest BCUT2D eigenvalue weighted by Gasteiger charge is -2.26. The fourth-order valence-electron chi connectivity index (χ4n) is 3.92. The molecule has 3 rings (SSSR count). The highest BCUT2D eigenvalue weighted by Gasteiger charge is 2.53. The van der Waals surface area contributed by atoms with Gasteiger partial charge in [-0.1, -0.05) is 42.3 Å². The van der Waals surface area contributed by atoms with E-state index in [9.17, 15) is 22.8 Å². The lowest BCUT2D eigenvalue weighted by molar-refractivity contribution is -0.178. The molecule has 36 heavy (non-hydrogen) atoms. The van der Waals surface area contributed by atoms with Crippen molar-refractivity contribution in [3.05, 3.63) is 63.4 Å². The van der Waals surface area contributed by atoms with E-state index in [4.69, 9.17) is 27.9 Å². The van der Waals surface area contributed by atoms with Crippen LogP contribution in [0.5, 0.6) is 0 Å². The summed E-state index contributed by atoms with van der Waals surface area (Å²) in [5.41, 5.74) is -1.91. The minimum atomic E-state index is -4.68. The summed E-state index contributed by atoms with van der Waals surface area (Å²) >= 11 is 12.1. The van der Waals surface area contributed by atoms with E-state index in [1.54, 1.807) is 20.8 Å². The van der Waals surface area contributed by atoms with Crippen LogP contribution in [-0.2, 0) is 20.7 Å². The Kier molecular flexibility index (Phi) is 8.01. The number of halogens is 6. The average molecular weight is 548 g/mol. The molecular formula is C26H27Cl2F4NO3. The lowest BCUT2D eigenvalue weighted by Crippen LogP contribution is -2.34. The Balaban J connectivity index is 1.90. The molecule has 0 unspecified atom stereocenters. The van der Waals surface area contributed by atoms with Crippen molar-refractivity contribution in [2.45, 2.75) is 64.7 Å². The van der Waals surface area contributed by atoms with Crippen LogP contribution in [0, 0.1) is 17.2 Å².